The van der Waals surface area contributed by atoms with Crippen LogP contribution >= 0.6 is 0 Å². The minimum absolute atomic E-state index is 0.0416. The smallest absolute Gasteiger partial charge is 0.409 e. The summed E-state index contributed by atoms with van der Waals surface area (Å²) in [5, 5.41) is 0.865. The zero-order chi connectivity index (χ0) is 20.1. The molecule has 0 unspecified atom stereocenters. The molecule has 0 N–H and O–H groups in total. The van der Waals surface area contributed by atoms with Crippen LogP contribution in [0, 0.1) is 6.92 Å². The van der Waals surface area contributed by atoms with E-state index in [-0.39, 0.29) is 25.0 Å². The van der Waals surface area contributed by atoms with Crippen molar-refractivity contribution in [3.63, 3.8) is 0 Å². The number of aryl methyl sites for hydroxylation is 1. The number of fused-ring (bicyclic) bond motifs is 1. The highest BCUT2D eigenvalue weighted by molar-refractivity contribution is 5.87. The van der Waals surface area contributed by atoms with Gasteiger partial charge in [-0.15, -0.1) is 0 Å². The molecule has 2 amide bonds. The number of hydrogen-bond acceptors (Lipinski definition) is 6. The zero-order valence-electron chi connectivity index (χ0n) is 16.1. The van der Waals surface area contributed by atoms with Gasteiger partial charge in [0.1, 0.15) is 5.58 Å². The number of carbonyl (C=O) groups is 3. The van der Waals surface area contributed by atoms with Crippen LogP contribution in [-0.4, -0.2) is 67.2 Å². The van der Waals surface area contributed by atoms with Crippen molar-refractivity contribution in [1.82, 2.24) is 9.80 Å². The van der Waals surface area contributed by atoms with Gasteiger partial charge in [-0.3, -0.25) is 9.59 Å². The number of ether oxygens (including phenoxy) is 2. The number of furan rings is 1. The topological polar surface area (TPSA) is 89.3 Å². The molecule has 0 bridgehead atoms. The molecular weight excluding hydrogens is 364 g/mol. The second-order valence-electron chi connectivity index (χ2n) is 6.66. The Hall–Kier alpha value is -3.03. The molecule has 1 saturated heterocycles. The molecule has 150 valence electrons. The predicted octanol–water partition coefficient (Wildman–Crippen LogP) is 2.13. The third-order valence-electron chi connectivity index (χ3n) is 4.66. The van der Waals surface area contributed by atoms with Crippen molar-refractivity contribution in [2.45, 2.75) is 20.3 Å². The summed E-state index contributed by atoms with van der Waals surface area (Å²) in [4.78, 5) is 39.2. The first kappa shape index (κ1) is 19.7. The van der Waals surface area contributed by atoms with Crippen molar-refractivity contribution in [2.24, 2.45) is 0 Å². The van der Waals surface area contributed by atoms with Crippen LogP contribution in [-0.2, 0) is 25.5 Å². The van der Waals surface area contributed by atoms with Crippen LogP contribution in [0.3, 0.4) is 0 Å². The summed E-state index contributed by atoms with van der Waals surface area (Å²) in [5.41, 5.74) is 2.53. The Balaban J connectivity index is 1.45. The van der Waals surface area contributed by atoms with Gasteiger partial charge in [-0.25, -0.2) is 4.79 Å². The van der Waals surface area contributed by atoms with E-state index in [4.69, 9.17) is 13.9 Å². The third-order valence-corrected chi connectivity index (χ3v) is 4.66. The summed E-state index contributed by atoms with van der Waals surface area (Å²) >= 11 is 0. The van der Waals surface area contributed by atoms with Crippen molar-refractivity contribution in [2.75, 3.05) is 39.4 Å². The number of esters is 1. The second-order valence-corrected chi connectivity index (χ2v) is 6.66. The van der Waals surface area contributed by atoms with Crippen LogP contribution < -0.4 is 0 Å². The molecular formula is C20H24N2O6. The minimum Gasteiger partial charge on any atom is -0.464 e. The van der Waals surface area contributed by atoms with E-state index >= 15 is 0 Å². The summed E-state index contributed by atoms with van der Waals surface area (Å²) in [6.07, 6.45) is 1.21. The van der Waals surface area contributed by atoms with Crippen molar-refractivity contribution in [3.8, 4) is 0 Å². The molecule has 8 heteroatoms. The Bertz CT molecular complexity index is 867. The third kappa shape index (κ3) is 4.62. The van der Waals surface area contributed by atoms with Crippen LogP contribution in [0.5, 0.6) is 0 Å². The molecule has 2 aromatic rings. The fourth-order valence-electron chi connectivity index (χ4n) is 3.12. The van der Waals surface area contributed by atoms with Gasteiger partial charge in [0, 0.05) is 37.1 Å². The molecule has 1 fully saturated rings. The number of nitrogens with zero attached hydrogens (tertiary/aromatic N) is 2. The van der Waals surface area contributed by atoms with Gasteiger partial charge in [0.15, 0.2) is 6.61 Å². The van der Waals surface area contributed by atoms with Crippen LogP contribution in [0.2, 0.25) is 0 Å². The molecule has 0 spiro atoms. The van der Waals surface area contributed by atoms with Gasteiger partial charge in [-0.05, 0) is 25.5 Å². The monoisotopic (exact) mass is 388 g/mol. The molecule has 3 rings (SSSR count). The molecule has 1 aliphatic rings. The van der Waals surface area contributed by atoms with Gasteiger partial charge in [0.2, 0.25) is 0 Å². The highest BCUT2D eigenvalue weighted by Gasteiger charge is 2.25. The fourth-order valence-corrected chi connectivity index (χ4v) is 3.12. The van der Waals surface area contributed by atoms with E-state index in [1.54, 1.807) is 23.0 Å². The summed E-state index contributed by atoms with van der Waals surface area (Å²) in [5.74, 6) is -0.758. The maximum absolute atomic E-state index is 12.3. The molecule has 0 saturated carbocycles. The lowest BCUT2D eigenvalue weighted by Crippen LogP contribution is -2.51. The Morgan fingerprint density at radius 3 is 2.50 bits per heavy atom. The fraction of sp³-hybridized carbons (Fsp3) is 0.450. The second kappa shape index (κ2) is 8.77. The van der Waals surface area contributed by atoms with Crippen molar-refractivity contribution < 1.29 is 28.3 Å². The number of amides is 2. The van der Waals surface area contributed by atoms with Crippen molar-refractivity contribution in [3.05, 3.63) is 35.6 Å². The zero-order valence-corrected chi connectivity index (χ0v) is 16.1. The molecule has 1 aromatic carbocycles. The molecule has 2 heterocycles. The van der Waals surface area contributed by atoms with Crippen LogP contribution in [0.15, 0.2) is 28.9 Å². The van der Waals surface area contributed by atoms with Gasteiger partial charge in [-0.1, -0.05) is 12.1 Å². The maximum Gasteiger partial charge on any atom is 0.409 e. The first-order valence-electron chi connectivity index (χ1n) is 9.29. The number of carbonyl (C=O) groups excluding carboxylic acids is 3. The van der Waals surface area contributed by atoms with Crippen molar-refractivity contribution >= 4 is 28.9 Å². The Morgan fingerprint density at radius 1 is 1.07 bits per heavy atom. The Labute approximate surface area is 163 Å². The van der Waals surface area contributed by atoms with E-state index in [1.165, 1.54) is 0 Å². The molecule has 0 radical (unpaired) electrons. The Kier molecular flexibility index (Phi) is 6.18. The van der Waals surface area contributed by atoms with E-state index in [9.17, 15) is 14.4 Å². The van der Waals surface area contributed by atoms with E-state index < -0.39 is 5.97 Å². The van der Waals surface area contributed by atoms with Gasteiger partial charge in [0.25, 0.3) is 5.91 Å². The van der Waals surface area contributed by atoms with E-state index in [1.807, 2.05) is 25.1 Å². The lowest BCUT2D eigenvalue weighted by Gasteiger charge is -2.33. The summed E-state index contributed by atoms with van der Waals surface area (Å²) in [7, 11) is 0. The van der Waals surface area contributed by atoms with E-state index in [2.05, 4.69) is 0 Å². The Morgan fingerprint density at radius 2 is 1.79 bits per heavy atom. The highest BCUT2D eigenvalue weighted by atomic mass is 16.6. The summed E-state index contributed by atoms with van der Waals surface area (Å²) < 4.78 is 15.6. The normalized spacial score (nSPS) is 14.2. The van der Waals surface area contributed by atoms with Gasteiger partial charge in [-0.2, -0.15) is 0 Å². The van der Waals surface area contributed by atoms with Gasteiger partial charge >= 0.3 is 12.1 Å². The van der Waals surface area contributed by atoms with E-state index in [0.717, 1.165) is 22.1 Å². The molecule has 8 nitrogen and oxygen atoms in total. The number of hydrogen-bond donors (Lipinski definition) is 0. The molecule has 1 aliphatic heterocycles. The maximum atomic E-state index is 12.3. The average molecular weight is 388 g/mol. The number of benzene rings is 1. The standard InChI is InChI=1S/C20H24N2O6/c1-3-26-20(25)22-8-6-21(7-9-22)18(23)13-28-19(24)11-15-12-27-17-10-14(2)4-5-16(15)17/h4-5,10,12H,3,6-9,11,13H2,1-2H3. The lowest BCUT2D eigenvalue weighted by molar-refractivity contribution is -0.152. The number of rotatable bonds is 5. The average Bonchev–Trinajstić information content (AvgIpc) is 3.08. The summed E-state index contributed by atoms with van der Waals surface area (Å²) in [6, 6.07) is 5.76. The van der Waals surface area contributed by atoms with Crippen LogP contribution in [0.4, 0.5) is 4.79 Å². The van der Waals surface area contributed by atoms with Gasteiger partial charge < -0.3 is 23.7 Å². The lowest BCUT2D eigenvalue weighted by atomic mass is 10.1. The van der Waals surface area contributed by atoms with E-state index in [0.29, 0.717) is 32.8 Å². The highest BCUT2D eigenvalue weighted by Crippen LogP contribution is 2.23. The predicted molar refractivity (Wildman–Crippen MR) is 101 cm³/mol. The van der Waals surface area contributed by atoms with Crippen LogP contribution in [0.1, 0.15) is 18.1 Å². The SMILES string of the molecule is CCOC(=O)N1CCN(C(=O)COC(=O)Cc2coc3cc(C)ccc23)CC1. The molecule has 1 aromatic heterocycles. The quantitative estimate of drug-likeness (QED) is 0.729. The molecule has 0 aliphatic carbocycles. The number of piperazine rings is 1. The minimum atomic E-state index is -0.484. The first-order chi connectivity index (χ1) is 13.5. The molecule has 28 heavy (non-hydrogen) atoms. The van der Waals surface area contributed by atoms with Gasteiger partial charge in [0.05, 0.1) is 19.3 Å². The van der Waals surface area contributed by atoms with Crippen LogP contribution in [0.25, 0.3) is 11.0 Å². The molecule has 0 atom stereocenters. The summed E-state index contributed by atoms with van der Waals surface area (Å²) in [6.45, 7) is 5.31. The first-order valence-corrected chi connectivity index (χ1v) is 9.29. The van der Waals surface area contributed by atoms with Crippen molar-refractivity contribution in [1.29, 1.82) is 0 Å². The largest absolute Gasteiger partial charge is 0.464 e.